The Labute approximate surface area is 51.8 Å². The number of nitrogen functional groups attached to an aromatic ring is 1. The first-order valence-corrected chi connectivity index (χ1v) is 2.24. The second-order valence-electron chi connectivity index (χ2n) is 1.59. The molecule has 44 valence electrons. The van der Waals surface area contributed by atoms with Crippen molar-refractivity contribution in [1.29, 1.82) is 0 Å². The van der Waals surface area contributed by atoms with E-state index in [1.165, 1.54) is 0 Å². The van der Waals surface area contributed by atoms with Crippen molar-refractivity contribution in [3.05, 3.63) is 20.4 Å². The van der Waals surface area contributed by atoms with Crippen LogP contribution in [0.5, 0.6) is 0 Å². The van der Waals surface area contributed by atoms with E-state index in [4.69, 9.17) is 13.7 Å². The molecule has 0 heterocycles. The van der Waals surface area contributed by atoms with Gasteiger partial charge in [-0.3, -0.25) is 9.59 Å². The van der Waals surface area contributed by atoms with Crippen molar-refractivity contribution in [2.75, 3.05) is 11.0 Å². The lowest BCUT2D eigenvalue weighted by Gasteiger charge is -2.03. The van der Waals surface area contributed by atoms with Gasteiger partial charge in [-0.25, -0.2) is 0 Å². The Morgan fingerprint density at radius 2 is 1.89 bits per heavy atom. The summed E-state index contributed by atoms with van der Waals surface area (Å²) < 4.78 is 0. The van der Waals surface area contributed by atoms with Crippen molar-refractivity contribution in [2.24, 2.45) is 0 Å². The molecule has 1 aromatic carbocycles. The summed E-state index contributed by atoms with van der Waals surface area (Å²) in [5.41, 5.74) is 3.66. The van der Waals surface area contributed by atoms with Crippen LogP contribution in [0.1, 0.15) is 0 Å². The molecule has 0 saturated carbocycles. The number of anilines is 2. The molecule has 0 unspecified atom stereocenters. The number of nitrogens with one attached hydrogen (secondary N) is 1. The summed E-state index contributed by atoms with van der Waals surface area (Å²) in [6.07, 6.45) is 0. The molecule has 0 saturated heterocycles. The third kappa shape index (κ3) is 0.542. The van der Waals surface area contributed by atoms with Crippen LogP contribution in [0.2, 0.25) is 0 Å². The van der Waals surface area contributed by atoms with Crippen LogP contribution < -0.4 is 21.8 Å². The summed E-state index contributed by atoms with van der Waals surface area (Å²) in [7, 11) is 4.82. The highest BCUT2D eigenvalue weighted by Crippen LogP contribution is 2.05. The van der Waals surface area contributed by atoms with E-state index in [9.17, 15) is 9.59 Å². The largest absolute Gasteiger partial charge is 0.432 e. The number of hydrogen-bond acceptors (Lipinski definition) is 4. The van der Waals surface area contributed by atoms with Crippen LogP contribution in [0, 0.1) is 0 Å². The summed E-state index contributed by atoms with van der Waals surface area (Å²) in [4.78, 5) is 20.7. The molecule has 9 heavy (non-hydrogen) atoms. The molecule has 0 bridgehead atoms. The van der Waals surface area contributed by atoms with Gasteiger partial charge in [-0.15, -0.1) is 0 Å². The van der Waals surface area contributed by atoms with E-state index in [1.807, 2.05) is 5.23 Å². The zero-order chi connectivity index (χ0) is 7.02. The molecule has 0 amide bonds. The topological polar surface area (TPSA) is 72.2 Å². The van der Waals surface area contributed by atoms with E-state index in [0.717, 1.165) is 0 Å². The lowest BCUT2D eigenvalue weighted by atomic mass is 10.2. The zero-order valence-corrected chi connectivity index (χ0v) is 4.47. The Balaban J connectivity index is 3.25. The van der Waals surface area contributed by atoms with E-state index in [2.05, 4.69) is 0 Å². The molecule has 1 aromatic rings. The van der Waals surface area contributed by atoms with Crippen molar-refractivity contribution < 1.29 is 0 Å². The van der Waals surface area contributed by atoms with E-state index >= 15 is 0 Å². The Morgan fingerprint density at radius 3 is 2.11 bits per heavy atom. The van der Waals surface area contributed by atoms with Crippen molar-refractivity contribution in [3.63, 3.8) is 0 Å². The molecule has 5 heteroatoms. The Bertz CT molecular complexity index is 299. The summed E-state index contributed by atoms with van der Waals surface area (Å²) >= 11 is 0. The molecule has 0 aliphatic heterocycles. The molecule has 0 spiro atoms. The van der Waals surface area contributed by atoms with Crippen molar-refractivity contribution in [2.45, 2.75) is 0 Å². The Kier molecular flexibility index (Phi) is 1.05. The van der Waals surface area contributed by atoms with Crippen LogP contribution in [0.15, 0.2) is 9.59 Å². The van der Waals surface area contributed by atoms with Crippen molar-refractivity contribution in [3.8, 4) is 0 Å². The highest BCUT2D eigenvalue weighted by Gasteiger charge is 2.14. The average molecular weight is 122 g/mol. The smallest absolute Gasteiger partial charge is 0.252 e. The molecule has 0 aliphatic rings. The zero-order valence-electron chi connectivity index (χ0n) is 4.47. The van der Waals surface area contributed by atoms with Crippen LogP contribution in [0.4, 0.5) is 11.4 Å². The highest BCUT2D eigenvalue weighted by atomic mass is 16.2. The molecule has 0 aliphatic carbocycles. The lowest BCUT2D eigenvalue weighted by Crippen LogP contribution is -2.36. The summed E-state index contributed by atoms with van der Waals surface area (Å²) in [5.74, 6) is 0. The minimum Gasteiger partial charge on any atom is -0.432 e. The van der Waals surface area contributed by atoms with Gasteiger partial charge in [0.15, 0.2) is 0 Å². The molecule has 1 rings (SSSR count). The maximum absolute atomic E-state index is 10.4. The van der Waals surface area contributed by atoms with Crippen LogP contribution in [0.25, 0.3) is 0 Å². The molecule has 0 aromatic heterocycles. The molecular weight excluding hydrogens is 119 g/mol. The number of hydrogen-bond donors (Lipinski definition) is 2. The second kappa shape index (κ2) is 1.61. The maximum atomic E-state index is 10.4. The molecule has 2 radical (unpaired) electrons. The number of rotatable bonds is 1. The fraction of sp³-hybridized carbons (Fsp3) is 0. The van der Waals surface area contributed by atoms with Crippen LogP contribution in [0.3, 0.4) is 0 Å². The van der Waals surface area contributed by atoms with Gasteiger partial charge in [0.05, 0.1) is 0 Å². The fourth-order valence-electron chi connectivity index (χ4n) is 0.552. The van der Waals surface area contributed by atoms with Gasteiger partial charge in [-0.2, -0.15) is 0 Å². The Morgan fingerprint density at radius 1 is 1.33 bits per heavy atom. The second-order valence-corrected chi connectivity index (χ2v) is 1.59. The fourth-order valence-corrected chi connectivity index (χ4v) is 0.552. The average Bonchev–Trinajstić information content (AvgIpc) is 1.89. The normalized spacial score (nSPS) is 9.78. The van der Waals surface area contributed by atoms with E-state index in [-0.39, 0.29) is 11.4 Å². The van der Waals surface area contributed by atoms with Crippen molar-refractivity contribution >= 4 is 19.4 Å². The maximum Gasteiger partial charge on any atom is 0.252 e. The molecule has 0 atom stereocenters. The van der Waals surface area contributed by atoms with Gasteiger partial charge in [-0.05, 0) is 0 Å². The summed E-state index contributed by atoms with van der Waals surface area (Å²) in [6, 6.07) is 0. The Hall–Kier alpha value is -1.26. The molecule has 0 fully saturated rings. The minimum absolute atomic E-state index is 0.0139. The van der Waals surface area contributed by atoms with E-state index in [0.29, 0.717) is 0 Å². The predicted octanol–water partition coefficient (Wildman–Crippen LogP) is -1.64. The van der Waals surface area contributed by atoms with Crippen LogP contribution in [-0.4, -0.2) is 7.98 Å². The van der Waals surface area contributed by atoms with Gasteiger partial charge < -0.3 is 11.0 Å². The SMILES string of the molecule is [B]Nc1c(N)c(=O)c1=O. The van der Waals surface area contributed by atoms with Gasteiger partial charge in [0.2, 0.25) is 7.98 Å². The highest BCUT2D eigenvalue weighted by molar-refractivity contribution is 6.17. The quantitative estimate of drug-likeness (QED) is 0.346. The monoisotopic (exact) mass is 122 g/mol. The van der Waals surface area contributed by atoms with Gasteiger partial charge in [0.25, 0.3) is 10.9 Å². The van der Waals surface area contributed by atoms with Crippen molar-refractivity contribution in [1.82, 2.24) is 0 Å². The van der Waals surface area contributed by atoms with E-state index < -0.39 is 10.9 Å². The van der Waals surface area contributed by atoms with Gasteiger partial charge in [-0.1, -0.05) is 0 Å². The van der Waals surface area contributed by atoms with Crippen LogP contribution >= 0.6 is 0 Å². The van der Waals surface area contributed by atoms with E-state index in [1.54, 1.807) is 0 Å². The summed E-state index contributed by atoms with van der Waals surface area (Å²) in [6.45, 7) is 0. The van der Waals surface area contributed by atoms with Gasteiger partial charge in [0.1, 0.15) is 11.4 Å². The first-order chi connectivity index (χ1) is 4.18. The van der Waals surface area contributed by atoms with Gasteiger partial charge >= 0.3 is 0 Å². The first-order valence-electron chi connectivity index (χ1n) is 2.24. The van der Waals surface area contributed by atoms with Crippen LogP contribution in [-0.2, 0) is 0 Å². The predicted molar refractivity (Wildman–Crippen MR) is 35.1 cm³/mol. The molecular formula is C4H3BN2O2. The third-order valence-corrected chi connectivity index (χ3v) is 1.09. The standard InChI is InChI=1S/C4H3BN2O2/c5-7-2-1(6)3(8)4(2)9/h7H,6H2. The number of nitrogens with two attached hydrogens (primary N) is 1. The lowest BCUT2D eigenvalue weighted by molar-refractivity contribution is 1.42. The first kappa shape index (κ1) is 5.87. The molecule has 4 nitrogen and oxygen atoms in total. The summed E-state index contributed by atoms with van der Waals surface area (Å²) in [5, 5.41) is 2.02. The third-order valence-electron chi connectivity index (χ3n) is 1.09. The minimum atomic E-state index is -0.664. The molecule has 3 N–H and O–H groups in total. The van der Waals surface area contributed by atoms with Gasteiger partial charge in [0, 0.05) is 0 Å².